The Morgan fingerprint density at radius 3 is 2.67 bits per heavy atom. The van der Waals surface area contributed by atoms with Crippen molar-refractivity contribution in [2.75, 3.05) is 13.7 Å². The molecule has 0 aliphatic rings. The third kappa shape index (κ3) is 5.55. The maximum atomic E-state index is 11.9. The van der Waals surface area contributed by atoms with E-state index in [1.807, 2.05) is 16.8 Å². The van der Waals surface area contributed by atoms with Gasteiger partial charge in [-0.25, -0.2) is 0 Å². The van der Waals surface area contributed by atoms with Crippen LogP contribution in [0.1, 0.15) is 11.1 Å². The Hall–Kier alpha value is -2.60. The molecule has 0 bridgehead atoms. The second kappa shape index (κ2) is 8.88. The lowest BCUT2D eigenvalue weighted by Crippen LogP contribution is -2.33. The number of amides is 1. The van der Waals surface area contributed by atoms with Crippen LogP contribution in [0.25, 0.3) is 6.08 Å². The smallest absolute Gasteiger partial charge is 0.310 e. The topological polar surface area (TPSA) is 75.6 Å². The molecule has 1 amide bonds. The molecule has 1 heterocycles. The van der Waals surface area contributed by atoms with Gasteiger partial charge in [-0.3, -0.25) is 9.59 Å². The van der Waals surface area contributed by atoms with Crippen molar-refractivity contribution in [2.45, 2.75) is 6.42 Å². The fourth-order valence-corrected chi connectivity index (χ4v) is 2.78. The number of thiophene rings is 1. The van der Waals surface area contributed by atoms with Crippen molar-refractivity contribution in [3.8, 4) is 5.75 Å². The van der Waals surface area contributed by atoms with Gasteiger partial charge in [0.05, 0.1) is 13.0 Å². The van der Waals surface area contributed by atoms with Crippen LogP contribution in [0.4, 0.5) is 0 Å². The van der Waals surface area contributed by atoms with Crippen LogP contribution >= 0.6 is 11.3 Å². The summed E-state index contributed by atoms with van der Waals surface area (Å²) in [7, 11) is 1.32. The summed E-state index contributed by atoms with van der Waals surface area (Å²) in [5, 5.41) is 15.9. The molecule has 2 aromatic rings. The minimum atomic E-state index is -0.488. The van der Waals surface area contributed by atoms with Gasteiger partial charge < -0.3 is 15.2 Å². The van der Waals surface area contributed by atoms with Crippen LogP contribution in [0.5, 0.6) is 5.75 Å². The molecule has 126 valence electrons. The highest BCUT2D eigenvalue weighted by Crippen LogP contribution is 2.14. The van der Waals surface area contributed by atoms with Crippen molar-refractivity contribution in [3.05, 3.63) is 58.3 Å². The number of esters is 1. The van der Waals surface area contributed by atoms with Gasteiger partial charge in [0.25, 0.3) is 0 Å². The van der Waals surface area contributed by atoms with E-state index >= 15 is 0 Å². The van der Waals surface area contributed by atoms with Gasteiger partial charge in [0.15, 0.2) is 0 Å². The monoisotopic (exact) mass is 345 g/mol. The summed E-state index contributed by atoms with van der Waals surface area (Å²) in [5.41, 5.74) is 1.84. The Morgan fingerprint density at radius 1 is 1.29 bits per heavy atom. The van der Waals surface area contributed by atoms with Crippen LogP contribution in [-0.2, 0) is 20.7 Å². The van der Waals surface area contributed by atoms with Gasteiger partial charge in [0, 0.05) is 12.6 Å². The van der Waals surface area contributed by atoms with Gasteiger partial charge in [0.1, 0.15) is 5.75 Å². The Balaban J connectivity index is 1.92. The lowest BCUT2D eigenvalue weighted by Gasteiger charge is -2.15. The number of phenols is 1. The quantitative estimate of drug-likeness (QED) is 0.597. The maximum absolute atomic E-state index is 11.9. The second-order valence-corrected chi connectivity index (χ2v) is 6.01. The van der Waals surface area contributed by atoms with Crippen LogP contribution in [0.15, 0.2) is 47.2 Å². The summed E-state index contributed by atoms with van der Waals surface area (Å²) in [5.74, 6) is -0.968. The van der Waals surface area contributed by atoms with E-state index in [2.05, 4.69) is 5.32 Å². The number of hydrogen-bond acceptors (Lipinski definition) is 5. The minimum Gasteiger partial charge on any atom is -0.508 e. The van der Waals surface area contributed by atoms with E-state index in [-0.39, 0.29) is 24.2 Å². The largest absolute Gasteiger partial charge is 0.508 e. The number of phenolic OH excluding ortho intramolecular Hbond substituents is 1. The van der Waals surface area contributed by atoms with Crippen molar-refractivity contribution in [2.24, 2.45) is 5.92 Å². The van der Waals surface area contributed by atoms with Crippen LogP contribution in [0, 0.1) is 5.92 Å². The van der Waals surface area contributed by atoms with E-state index in [9.17, 15) is 14.7 Å². The van der Waals surface area contributed by atoms with Crippen LogP contribution < -0.4 is 5.32 Å². The molecule has 2 rings (SSSR count). The molecule has 2 N–H and O–H groups in total. The third-order valence-corrected chi connectivity index (χ3v) is 4.15. The minimum absolute atomic E-state index is 0.167. The van der Waals surface area contributed by atoms with Crippen LogP contribution in [0.3, 0.4) is 0 Å². The van der Waals surface area contributed by atoms with Crippen LogP contribution in [0.2, 0.25) is 0 Å². The van der Waals surface area contributed by atoms with E-state index < -0.39 is 5.92 Å². The molecule has 1 aromatic heterocycles. The molecule has 0 saturated carbocycles. The number of benzene rings is 1. The highest BCUT2D eigenvalue weighted by Gasteiger charge is 2.20. The van der Waals surface area contributed by atoms with Crippen molar-refractivity contribution in [3.63, 3.8) is 0 Å². The first-order valence-corrected chi connectivity index (χ1v) is 8.36. The molecule has 0 spiro atoms. The Labute approximate surface area is 144 Å². The summed E-state index contributed by atoms with van der Waals surface area (Å²) in [6.07, 6.45) is 3.58. The molecule has 0 fully saturated rings. The Morgan fingerprint density at radius 2 is 2.04 bits per heavy atom. The highest BCUT2D eigenvalue weighted by molar-refractivity contribution is 7.08. The zero-order valence-electron chi connectivity index (χ0n) is 13.3. The highest BCUT2D eigenvalue weighted by atomic mass is 32.1. The van der Waals surface area contributed by atoms with Gasteiger partial charge >= 0.3 is 5.97 Å². The molecule has 0 radical (unpaired) electrons. The number of aromatic hydroxyl groups is 1. The Kier molecular flexibility index (Phi) is 6.57. The summed E-state index contributed by atoms with van der Waals surface area (Å²) < 4.78 is 4.80. The summed E-state index contributed by atoms with van der Waals surface area (Å²) >= 11 is 1.56. The first kappa shape index (κ1) is 17.7. The number of carbonyl (C=O) groups is 2. The summed E-state index contributed by atoms with van der Waals surface area (Å²) in [6.45, 7) is 0.181. The fraction of sp³-hybridized carbons (Fsp3) is 0.222. The zero-order valence-corrected chi connectivity index (χ0v) is 14.1. The van der Waals surface area contributed by atoms with Crippen molar-refractivity contribution in [1.82, 2.24) is 5.32 Å². The number of methoxy groups -OCH3 is 1. The third-order valence-electron chi connectivity index (χ3n) is 3.45. The molecule has 1 atom stereocenters. The van der Waals surface area contributed by atoms with Crippen molar-refractivity contribution >= 4 is 29.3 Å². The van der Waals surface area contributed by atoms with Gasteiger partial charge in [-0.05, 0) is 52.6 Å². The molecule has 0 aliphatic heterocycles. The lowest BCUT2D eigenvalue weighted by molar-refractivity contribution is -0.145. The maximum Gasteiger partial charge on any atom is 0.310 e. The van der Waals surface area contributed by atoms with Gasteiger partial charge in [-0.1, -0.05) is 12.1 Å². The molecule has 1 aromatic carbocycles. The molecule has 0 aliphatic carbocycles. The van der Waals surface area contributed by atoms with E-state index in [0.717, 1.165) is 11.1 Å². The first-order chi connectivity index (χ1) is 11.6. The van der Waals surface area contributed by atoms with Gasteiger partial charge in [-0.15, -0.1) is 0 Å². The predicted molar refractivity (Wildman–Crippen MR) is 93.7 cm³/mol. The number of rotatable bonds is 7. The SMILES string of the molecule is COC(=O)[C@H](CNC(=O)/C=C/c1ccsc1)Cc1ccc(O)cc1. The molecular weight excluding hydrogens is 326 g/mol. The van der Waals surface area contributed by atoms with Gasteiger partial charge in [0.2, 0.25) is 5.91 Å². The Bertz CT molecular complexity index is 692. The number of carbonyl (C=O) groups excluding carboxylic acids is 2. The number of nitrogens with one attached hydrogen (secondary N) is 1. The zero-order chi connectivity index (χ0) is 17.4. The van der Waals surface area contributed by atoms with E-state index in [1.165, 1.54) is 13.2 Å². The molecule has 6 heteroatoms. The standard InChI is InChI=1S/C18H19NO4S/c1-23-18(22)15(10-13-2-5-16(20)6-3-13)11-19-17(21)7-4-14-8-9-24-12-14/h2-9,12,15,20H,10-11H2,1H3,(H,19,21)/b7-4+/t15-/m0/s1. The summed E-state index contributed by atoms with van der Waals surface area (Å²) in [6, 6.07) is 8.52. The van der Waals surface area contributed by atoms with E-state index in [1.54, 1.807) is 41.7 Å². The molecule has 24 heavy (non-hydrogen) atoms. The van der Waals surface area contributed by atoms with Crippen molar-refractivity contribution in [1.29, 1.82) is 0 Å². The number of ether oxygens (including phenoxy) is 1. The average Bonchev–Trinajstić information content (AvgIpc) is 3.11. The average molecular weight is 345 g/mol. The van der Waals surface area contributed by atoms with Crippen molar-refractivity contribution < 1.29 is 19.4 Å². The number of hydrogen-bond donors (Lipinski definition) is 2. The normalized spacial score (nSPS) is 12.0. The first-order valence-electron chi connectivity index (χ1n) is 7.42. The lowest BCUT2D eigenvalue weighted by atomic mass is 9.99. The molecular formula is C18H19NO4S. The second-order valence-electron chi connectivity index (χ2n) is 5.23. The summed E-state index contributed by atoms with van der Waals surface area (Å²) in [4.78, 5) is 23.8. The molecule has 5 nitrogen and oxygen atoms in total. The predicted octanol–water partition coefficient (Wildman–Crippen LogP) is 2.62. The van der Waals surface area contributed by atoms with E-state index in [4.69, 9.17) is 4.74 Å². The van der Waals surface area contributed by atoms with E-state index in [0.29, 0.717) is 6.42 Å². The molecule has 0 saturated heterocycles. The fourth-order valence-electron chi connectivity index (χ4n) is 2.15. The van der Waals surface area contributed by atoms with Gasteiger partial charge in [-0.2, -0.15) is 11.3 Å². The van der Waals surface area contributed by atoms with Crippen LogP contribution in [-0.4, -0.2) is 30.6 Å². The molecule has 0 unspecified atom stereocenters.